The molecular formula is C24H29N3O5S2. The molecule has 2 aromatic rings. The highest BCUT2D eigenvalue weighted by molar-refractivity contribution is 7.89. The van der Waals surface area contributed by atoms with Gasteiger partial charge in [0.2, 0.25) is 15.9 Å². The van der Waals surface area contributed by atoms with Gasteiger partial charge in [0.05, 0.1) is 19.1 Å². The van der Waals surface area contributed by atoms with Gasteiger partial charge in [-0.3, -0.25) is 10.1 Å². The molecule has 1 saturated carbocycles. The van der Waals surface area contributed by atoms with E-state index in [-0.39, 0.29) is 16.0 Å². The van der Waals surface area contributed by atoms with Crippen LogP contribution in [0.1, 0.15) is 37.7 Å². The quantitative estimate of drug-likeness (QED) is 0.371. The van der Waals surface area contributed by atoms with Gasteiger partial charge in [0.1, 0.15) is 0 Å². The Morgan fingerprint density at radius 1 is 1.00 bits per heavy atom. The molecule has 0 spiro atoms. The molecular weight excluding hydrogens is 474 g/mol. The summed E-state index contributed by atoms with van der Waals surface area (Å²) in [5, 5.41) is 5.53. The number of hydrogen-bond acceptors (Lipinski definition) is 6. The van der Waals surface area contributed by atoms with Crippen LogP contribution in [0.2, 0.25) is 0 Å². The lowest BCUT2D eigenvalue weighted by atomic mass is 9.96. The normalized spacial score (nSPS) is 14.5. The monoisotopic (exact) mass is 503 g/mol. The van der Waals surface area contributed by atoms with E-state index in [4.69, 9.17) is 21.7 Å². The molecule has 0 aromatic heterocycles. The molecule has 0 atom stereocenters. The van der Waals surface area contributed by atoms with Gasteiger partial charge in [-0.05, 0) is 73.1 Å². The summed E-state index contributed by atoms with van der Waals surface area (Å²) in [5.74, 6) is 0.739. The Bertz CT molecular complexity index is 1140. The van der Waals surface area contributed by atoms with Crippen LogP contribution in [-0.4, -0.2) is 39.7 Å². The van der Waals surface area contributed by atoms with E-state index in [1.165, 1.54) is 25.3 Å². The molecule has 0 saturated heterocycles. The first-order valence-corrected chi connectivity index (χ1v) is 12.8. The zero-order valence-electron chi connectivity index (χ0n) is 19.2. The first kappa shape index (κ1) is 25.7. The second-order valence-electron chi connectivity index (χ2n) is 7.87. The van der Waals surface area contributed by atoms with Gasteiger partial charge < -0.3 is 14.8 Å². The number of amides is 1. The van der Waals surface area contributed by atoms with E-state index in [1.807, 2.05) is 0 Å². The van der Waals surface area contributed by atoms with E-state index in [9.17, 15) is 13.2 Å². The highest BCUT2D eigenvalue weighted by atomic mass is 32.2. The molecule has 3 N–H and O–H groups in total. The van der Waals surface area contributed by atoms with Crippen molar-refractivity contribution in [2.24, 2.45) is 0 Å². The van der Waals surface area contributed by atoms with Crippen molar-refractivity contribution in [1.82, 2.24) is 10.0 Å². The number of sulfonamides is 1. The third-order valence-corrected chi connectivity index (χ3v) is 7.16. The lowest BCUT2D eigenvalue weighted by Gasteiger charge is -2.22. The maximum Gasteiger partial charge on any atom is 0.250 e. The Kier molecular flexibility index (Phi) is 9.03. The summed E-state index contributed by atoms with van der Waals surface area (Å²) in [6.07, 6.45) is 7.95. The number of benzene rings is 2. The summed E-state index contributed by atoms with van der Waals surface area (Å²) >= 11 is 5.19. The van der Waals surface area contributed by atoms with Crippen molar-refractivity contribution in [3.05, 3.63) is 54.1 Å². The van der Waals surface area contributed by atoms with E-state index in [2.05, 4.69) is 15.4 Å². The molecule has 0 heterocycles. The molecule has 1 aliphatic carbocycles. The van der Waals surface area contributed by atoms with Crippen LogP contribution < -0.4 is 24.8 Å². The number of ether oxygens (including phenoxy) is 2. The van der Waals surface area contributed by atoms with E-state index in [1.54, 1.807) is 43.5 Å². The summed E-state index contributed by atoms with van der Waals surface area (Å²) in [5.41, 5.74) is 1.32. The Morgan fingerprint density at radius 3 is 2.32 bits per heavy atom. The third kappa shape index (κ3) is 7.28. The molecule has 2 aromatic carbocycles. The number of thiocarbonyl (C=S) groups is 1. The molecule has 1 aliphatic rings. The molecule has 0 bridgehead atoms. The minimum Gasteiger partial charge on any atom is -0.493 e. The summed E-state index contributed by atoms with van der Waals surface area (Å²) in [6, 6.07) is 11.5. The van der Waals surface area contributed by atoms with Crippen molar-refractivity contribution in [2.75, 3.05) is 19.5 Å². The standard InChI is InChI=1S/C24H29N3O5S2/c1-31-21-14-8-17(16-22(21)32-2)9-15-23(28)26-24(33)25-18-10-12-20(13-11-18)34(29,30)27-19-6-4-3-5-7-19/h8-16,19,27H,3-7H2,1-2H3,(H2,25,26,28,33)/b15-9+. The van der Waals surface area contributed by atoms with E-state index in [0.717, 1.165) is 37.7 Å². The Hall–Kier alpha value is -2.95. The van der Waals surface area contributed by atoms with Crippen LogP contribution in [0.5, 0.6) is 11.5 Å². The Morgan fingerprint density at radius 2 is 1.68 bits per heavy atom. The largest absolute Gasteiger partial charge is 0.493 e. The van der Waals surface area contributed by atoms with Crippen molar-refractivity contribution in [3.8, 4) is 11.5 Å². The van der Waals surface area contributed by atoms with Crippen LogP contribution in [0, 0.1) is 0 Å². The number of methoxy groups -OCH3 is 2. The minimum atomic E-state index is -3.57. The van der Waals surface area contributed by atoms with Gasteiger partial charge in [-0.1, -0.05) is 25.3 Å². The van der Waals surface area contributed by atoms with Gasteiger partial charge >= 0.3 is 0 Å². The molecule has 0 unspecified atom stereocenters. The first-order chi connectivity index (χ1) is 16.3. The van der Waals surface area contributed by atoms with Gasteiger partial charge in [0.15, 0.2) is 16.6 Å². The van der Waals surface area contributed by atoms with E-state index >= 15 is 0 Å². The molecule has 3 rings (SSSR count). The molecule has 1 amide bonds. The van der Waals surface area contributed by atoms with E-state index < -0.39 is 15.9 Å². The predicted octanol–water partition coefficient (Wildman–Crippen LogP) is 3.84. The molecule has 8 nitrogen and oxygen atoms in total. The van der Waals surface area contributed by atoms with Crippen LogP contribution in [0.4, 0.5) is 5.69 Å². The van der Waals surface area contributed by atoms with Gasteiger partial charge in [-0.15, -0.1) is 0 Å². The molecule has 182 valence electrons. The number of carbonyl (C=O) groups is 1. The summed E-state index contributed by atoms with van der Waals surface area (Å²) in [6.45, 7) is 0. The second-order valence-corrected chi connectivity index (χ2v) is 9.99. The first-order valence-electron chi connectivity index (χ1n) is 10.9. The fraction of sp³-hybridized carbons (Fsp3) is 0.333. The fourth-order valence-corrected chi connectivity index (χ4v) is 5.19. The molecule has 34 heavy (non-hydrogen) atoms. The van der Waals surface area contributed by atoms with Crippen LogP contribution >= 0.6 is 12.2 Å². The van der Waals surface area contributed by atoms with Crippen molar-refractivity contribution in [3.63, 3.8) is 0 Å². The zero-order valence-corrected chi connectivity index (χ0v) is 20.8. The minimum absolute atomic E-state index is 0.00796. The highest BCUT2D eigenvalue weighted by Crippen LogP contribution is 2.28. The maximum atomic E-state index is 12.6. The van der Waals surface area contributed by atoms with Crippen molar-refractivity contribution >= 4 is 45.0 Å². The number of hydrogen-bond donors (Lipinski definition) is 3. The van der Waals surface area contributed by atoms with Crippen molar-refractivity contribution in [1.29, 1.82) is 0 Å². The number of anilines is 1. The topological polar surface area (TPSA) is 106 Å². The van der Waals surface area contributed by atoms with Crippen LogP contribution in [0.3, 0.4) is 0 Å². The van der Waals surface area contributed by atoms with Crippen molar-refractivity contribution < 1.29 is 22.7 Å². The third-order valence-electron chi connectivity index (χ3n) is 5.42. The number of carbonyl (C=O) groups excluding carboxylic acids is 1. The van der Waals surface area contributed by atoms with Gasteiger partial charge in [0.25, 0.3) is 0 Å². The smallest absolute Gasteiger partial charge is 0.250 e. The van der Waals surface area contributed by atoms with Gasteiger partial charge in [0, 0.05) is 17.8 Å². The van der Waals surface area contributed by atoms with Crippen LogP contribution in [-0.2, 0) is 14.8 Å². The van der Waals surface area contributed by atoms with Gasteiger partial charge in [-0.2, -0.15) is 0 Å². The average molecular weight is 504 g/mol. The fourth-order valence-electron chi connectivity index (χ4n) is 3.67. The lowest BCUT2D eigenvalue weighted by molar-refractivity contribution is -0.115. The Labute approximate surface area is 205 Å². The Balaban J connectivity index is 1.53. The van der Waals surface area contributed by atoms with Crippen LogP contribution in [0.25, 0.3) is 6.08 Å². The predicted molar refractivity (Wildman–Crippen MR) is 137 cm³/mol. The van der Waals surface area contributed by atoms with Gasteiger partial charge in [-0.25, -0.2) is 13.1 Å². The maximum absolute atomic E-state index is 12.6. The summed E-state index contributed by atoms with van der Waals surface area (Å²) < 4.78 is 38.4. The highest BCUT2D eigenvalue weighted by Gasteiger charge is 2.21. The lowest BCUT2D eigenvalue weighted by Crippen LogP contribution is -2.36. The molecule has 0 radical (unpaired) electrons. The second kappa shape index (κ2) is 12.0. The number of nitrogens with one attached hydrogen (secondary N) is 3. The molecule has 1 fully saturated rings. The number of rotatable bonds is 8. The van der Waals surface area contributed by atoms with Crippen molar-refractivity contribution in [2.45, 2.75) is 43.0 Å². The average Bonchev–Trinajstić information content (AvgIpc) is 2.83. The van der Waals surface area contributed by atoms with E-state index in [0.29, 0.717) is 17.2 Å². The molecule has 10 heteroatoms. The molecule has 0 aliphatic heterocycles. The summed E-state index contributed by atoms with van der Waals surface area (Å²) in [7, 11) is -0.483. The zero-order chi connectivity index (χ0) is 24.6. The SMILES string of the molecule is COc1ccc(/C=C/C(=O)NC(=S)Nc2ccc(S(=O)(=O)NC3CCCCC3)cc2)cc1OC. The van der Waals surface area contributed by atoms with Crippen LogP contribution in [0.15, 0.2) is 53.4 Å². The summed E-state index contributed by atoms with van der Waals surface area (Å²) in [4.78, 5) is 12.4.